The molecule has 8 heteroatoms. The van der Waals surface area contributed by atoms with Crippen molar-refractivity contribution in [1.82, 2.24) is 0 Å². The van der Waals surface area contributed by atoms with E-state index in [0.29, 0.717) is 5.69 Å². The Morgan fingerprint density at radius 3 is 2.38 bits per heavy atom. The van der Waals surface area contributed by atoms with E-state index in [1.54, 1.807) is 24.3 Å². The van der Waals surface area contributed by atoms with Gasteiger partial charge in [-0.1, -0.05) is 18.2 Å². The Morgan fingerprint density at radius 2 is 1.83 bits per heavy atom. The number of para-hydroxylation sites is 1. The number of hydrogen-bond donors (Lipinski definition) is 2. The largest absolute Gasteiger partial charge is 0.447 e. The molecule has 126 valence electrons. The van der Waals surface area contributed by atoms with E-state index in [0.717, 1.165) is 12.8 Å². The van der Waals surface area contributed by atoms with E-state index >= 15 is 0 Å². The molecule has 3 rings (SSSR count). The molecular weight excluding hydrogens is 312 g/mol. The van der Waals surface area contributed by atoms with Crippen LogP contribution >= 0.6 is 0 Å². The van der Waals surface area contributed by atoms with Crippen LogP contribution < -0.4 is 16.5 Å². The van der Waals surface area contributed by atoms with E-state index < -0.39 is 29.9 Å². The Hall–Kier alpha value is -2.90. The maximum atomic E-state index is 12.3. The minimum Gasteiger partial charge on any atom is -0.447 e. The maximum absolute atomic E-state index is 12.3. The van der Waals surface area contributed by atoms with Crippen molar-refractivity contribution < 1.29 is 19.1 Å². The smallest absolute Gasteiger partial charge is 0.355 e. The van der Waals surface area contributed by atoms with Gasteiger partial charge in [0.1, 0.15) is 11.8 Å². The van der Waals surface area contributed by atoms with Crippen molar-refractivity contribution in [3.63, 3.8) is 0 Å². The highest BCUT2D eigenvalue weighted by Gasteiger charge is 2.41. The van der Waals surface area contributed by atoms with Crippen LogP contribution in [0.2, 0.25) is 0 Å². The van der Waals surface area contributed by atoms with Crippen molar-refractivity contribution in [2.24, 2.45) is 22.5 Å². The molecule has 2 atom stereocenters. The molecule has 1 saturated carbocycles. The third-order valence-corrected chi connectivity index (χ3v) is 4.06. The molecule has 4 N–H and O–H groups in total. The first-order valence-electron chi connectivity index (χ1n) is 7.68. The third kappa shape index (κ3) is 3.22. The molecule has 0 saturated heterocycles. The van der Waals surface area contributed by atoms with Crippen LogP contribution in [0.4, 0.5) is 5.69 Å². The van der Waals surface area contributed by atoms with Gasteiger partial charge in [-0.25, -0.2) is 4.79 Å². The summed E-state index contributed by atoms with van der Waals surface area (Å²) < 4.78 is 5.21. The molecule has 2 amide bonds. The molecular formula is C16H18N4O4. The number of benzene rings is 1. The first kappa shape index (κ1) is 16.0. The van der Waals surface area contributed by atoms with Gasteiger partial charge in [0.2, 0.25) is 5.91 Å². The molecule has 24 heavy (non-hydrogen) atoms. The predicted molar refractivity (Wildman–Crippen MR) is 85.8 cm³/mol. The van der Waals surface area contributed by atoms with Crippen LogP contribution in [0.1, 0.15) is 19.3 Å². The van der Waals surface area contributed by atoms with Gasteiger partial charge in [-0.2, -0.15) is 5.10 Å². The molecule has 2 aliphatic rings. The molecule has 0 bridgehead atoms. The second kappa shape index (κ2) is 6.31. The Morgan fingerprint density at radius 1 is 1.17 bits per heavy atom. The lowest BCUT2D eigenvalue weighted by Gasteiger charge is -2.20. The number of carbonyl (C=O) groups is 3. The first-order valence-corrected chi connectivity index (χ1v) is 7.68. The van der Waals surface area contributed by atoms with Gasteiger partial charge in [0, 0.05) is 12.3 Å². The van der Waals surface area contributed by atoms with Crippen LogP contribution in [0.3, 0.4) is 0 Å². The summed E-state index contributed by atoms with van der Waals surface area (Å²) in [6, 6.07) is 8.13. The number of primary amides is 2. The zero-order valence-corrected chi connectivity index (χ0v) is 12.9. The summed E-state index contributed by atoms with van der Waals surface area (Å²) in [5.41, 5.74) is 11.4. The van der Waals surface area contributed by atoms with Crippen LogP contribution in [0.5, 0.6) is 0 Å². The van der Waals surface area contributed by atoms with Crippen molar-refractivity contribution in [3.05, 3.63) is 30.3 Å². The molecule has 8 nitrogen and oxygen atoms in total. The van der Waals surface area contributed by atoms with E-state index in [9.17, 15) is 14.4 Å². The average molecular weight is 330 g/mol. The van der Waals surface area contributed by atoms with E-state index in [1.165, 1.54) is 5.01 Å². The summed E-state index contributed by atoms with van der Waals surface area (Å²) in [6.07, 6.45) is 0.679. The summed E-state index contributed by atoms with van der Waals surface area (Å²) in [4.78, 5) is 35.4. The van der Waals surface area contributed by atoms with Gasteiger partial charge in [-0.15, -0.1) is 0 Å². The van der Waals surface area contributed by atoms with Crippen LogP contribution in [0.15, 0.2) is 35.4 Å². The van der Waals surface area contributed by atoms with Crippen molar-refractivity contribution in [3.8, 4) is 0 Å². The minimum absolute atomic E-state index is 0.0226. The molecule has 1 aliphatic heterocycles. The number of nitrogens with zero attached hydrogens (tertiary/aromatic N) is 2. The third-order valence-electron chi connectivity index (χ3n) is 4.06. The van der Waals surface area contributed by atoms with Crippen LogP contribution in [0.25, 0.3) is 0 Å². The highest BCUT2D eigenvalue weighted by atomic mass is 16.5. The van der Waals surface area contributed by atoms with Crippen LogP contribution in [-0.4, -0.2) is 35.6 Å². The van der Waals surface area contributed by atoms with Crippen molar-refractivity contribution in [2.75, 3.05) is 5.01 Å². The first-order chi connectivity index (χ1) is 11.5. The molecule has 0 aromatic heterocycles. The molecule has 0 radical (unpaired) electrons. The predicted octanol–water partition coefficient (Wildman–Crippen LogP) is -0.0863. The van der Waals surface area contributed by atoms with Crippen LogP contribution in [0, 0.1) is 5.92 Å². The quantitative estimate of drug-likeness (QED) is 0.705. The fraction of sp³-hybridized carbons (Fsp3) is 0.375. The monoisotopic (exact) mass is 330 g/mol. The molecule has 0 unspecified atom stereocenters. The number of hydrogen-bond acceptors (Lipinski definition) is 6. The molecule has 1 aromatic rings. The summed E-state index contributed by atoms with van der Waals surface area (Å²) in [7, 11) is 0. The normalized spacial score (nSPS) is 21.1. The zero-order chi connectivity index (χ0) is 17.3. The van der Waals surface area contributed by atoms with Gasteiger partial charge in [0.15, 0.2) is 6.10 Å². The summed E-state index contributed by atoms with van der Waals surface area (Å²) in [6.45, 7) is 0. The number of anilines is 1. The fourth-order valence-electron chi connectivity index (χ4n) is 2.64. The van der Waals surface area contributed by atoms with Crippen molar-refractivity contribution in [1.29, 1.82) is 0 Å². The Labute approximate surface area is 138 Å². The number of hydrazone groups is 1. The lowest BCUT2D eigenvalue weighted by atomic mass is 10.1. The van der Waals surface area contributed by atoms with Gasteiger partial charge < -0.3 is 16.2 Å². The summed E-state index contributed by atoms with van der Waals surface area (Å²) >= 11 is 0. The maximum Gasteiger partial charge on any atom is 0.355 e. The Balaban J connectivity index is 1.78. The Kier molecular flexibility index (Phi) is 4.20. The number of carbonyl (C=O) groups excluding carboxylic acids is 3. The van der Waals surface area contributed by atoms with E-state index in [4.69, 9.17) is 16.2 Å². The van der Waals surface area contributed by atoms with Gasteiger partial charge in [0.05, 0.1) is 5.69 Å². The van der Waals surface area contributed by atoms with E-state index in [2.05, 4.69) is 5.10 Å². The number of ether oxygens (including phenoxy) is 1. The summed E-state index contributed by atoms with van der Waals surface area (Å²) in [5, 5.41) is 5.57. The Bertz CT molecular complexity index is 699. The average Bonchev–Trinajstić information content (AvgIpc) is 3.29. The lowest BCUT2D eigenvalue weighted by Crippen LogP contribution is -2.40. The number of rotatable bonds is 6. The van der Waals surface area contributed by atoms with E-state index in [-0.39, 0.29) is 18.1 Å². The van der Waals surface area contributed by atoms with E-state index in [1.807, 2.05) is 6.07 Å². The van der Waals surface area contributed by atoms with Crippen molar-refractivity contribution in [2.45, 2.75) is 31.4 Å². The van der Waals surface area contributed by atoms with Gasteiger partial charge in [-0.05, 0) is 25.0 Å². The number of esters is 1. The second-order valence-corrected chi connectivity index (χ2v) is 5.91. The molecule has 1 fully saturated rings. The van der Waals surface area contributed by atoms with Gasteiger partial charge >= 0.3 is 5.97 Å². The zero-order valence-electron chi connectivity index (χ0n) is 12.9. The van der Waals surface area contributed by atoms with Crippen LogP contribution in [-0.2, 0) is 19.1 Å². The topological polar surface area (TPSA) is 128 Å². The number of nitrogens with two attached hydrogens (primary N) is 2. The molecule has 1 aliphatic carbocycles. The SMILES string of the molecule is NC(=O)[C@@H](OC(=O)C1=NN(c2ccccc2)[C@@H](C(N)=O)C1)C1CC1. The highest BCUT2D eigenvalue weighted by molar-refractivity contribution is 6.38. The lowest BCUT2D eigenvalue weighted by molar-refractivity contribution is -0.149. The van der Waals surface area contributed by atoms with Crippen molar-refractivity contribution >= 4 is 29.2 Å². The van der Waals surface area contributed by atoms with Gasteiger partial charge in [-0.3, -0.25) is 14.6 Å². The second-order valence-electron chi connectivity index (χ2n) is 5.91. The molecule has 0 spiro atoms. The standard InChI is InChI=1S/C16H18N4O4/c17-14(21)12-8-11(19-20(12)10-4-2-1-3-5-10)16(23)24-13(15(18)22)9-6-7-9/h1-5,9,12-13H,6-8H2,(H2,17,21)(H2,18,22)/t12-,13+/m1/s1. The molecule has 1 aromatic carbocycles. The number of amides is 2. The fourth-order valence-corrected chi connectivity index (χ4v) is 2.64. The molecule has 1 heterocycles. The minimum atomic E-state index is -0.946. The van der Waals surface area contributed by atoms with Gasteiger partial charge in [0.25, 0.3) is 5.91 Å². The highest BCUT2D eigenvalue weighted by Crippen LogP contribution is 2.34. The summed E-state index contributed by atoms with van der Waals surface area (Å²) in [5.74, 6) is -2.03.